The van der Waals surface area contributed by atoms with Gasteiger partial charge in [-0.05, 0) is 36.7 Å². The van der Waals surface area contributed by atoms with Crippen LogP contribution < -0.4 is 0 Å². The van der Waals surface area contributed by atoms with Crippen molar-refractivity contribution in [3.05, 3.63) is 42.0 Å². The molecule has 0 heterocycles. The molecule has 1 aliphatic carbocycles. The summed E-state index contributed by atoms with van der Waals surface area (Å²) in [5, 5.41) is 9.49. The van der Waals surface area contributed by atoms with Gasteiger partial charge in [0.05, 0.1) is 5.41 Å². The fourth-order valence-electron chi connectivity index (χ4n) is 3.05. The molecule has 1 aliphatic rings. The normalized spacial score (nSPS) is 29.7. The second-order valence-corrected chi connectivity index (χ2v) is 6.27. The van der Waals surface area contributed by atoms with E-state index in [4.69, 9.17) is 0 Å². The molecular formula is C17H22O2. The average molecular weight is 258 g/mol. The summed E-state index contributed by atoms with van der Waals surface area (Å²) in [5.41, 5.74) is 0.324. The summed E-state index contributed by atoms with van der Waals surface area (Å²) in [6, 6.07) is 10.2. The zero-order valence-electron chi connectivity index (χ0n) is 11.9. The van der Waals surface area contributed by atoms with Gasteiger partial charge >= 0.3 is 5.97 Å². The van der Waals surface area contributed by atoms with E-state index in [0.717, 1.165) is 12.8 Å². The molecule has 1 aromatic rings. The molecule has 0 aromatic heterocycles. The lowest BCUT2D eigenvalue weighted by atomic mass is 9.65. The van der Waals surface area contributed by atoms with E-state index in [2.05, 4.69) is 38.1 Å². The first-order valence-corrected chi connectivity index (χ1v) is 6.84. The van der Waals surface area contributed by atoms with Crippen LogP contribution in [0.2, 0.25) is 0 Å². The molecule has 0 amide bonds. The third-order valence-electron chi connectivity index (χ3n) is 5.10. The quantitative estimate of drug-likeness (QED) is 0.881. The second-order valence-electron chi connectivity index (χ2n) is 6.27. The molecule has 2 heteroatoms. The monoisotopic (exact) mass is 258 g/mol. The van der Waals surface area contributed by atoms with Gasteiger partial charge in [0.1, 0.15) is 0 Å². The summed E-state index contributed by atoms with van der Waals surface area (Å²) in [7, 11) is 0. The molecule has 0 bridgehead atoms. The van der Waals surface area contributed by atoms with Gasteiger partial charge in [-0.15, -0.1) is 0 Å². The minimum absolute atomic E-state index is 0.218. The lowest BCUT2D eigenvalue weighted by Crippen LogP contribution is -2.40. The van der Waals surface area contributed by atoms with E-state index < -0.39 is 11.4 Å². The molecule has 1 aromatic carbocycles. The van der Waals surface area contributed by atoms with Crippen LogP contribution in [0, 0.1) is 16.7 Å². The van der Waals surface area contributed by atoms with Crippen LogP contribution in [0.25, 0.3) is 6.08 Å². The van der Waals surface area contributed by atoms with Gasteiger partial charge in [0.25, 0.3) is 0 Å². The molecule has 1 fully saturated rings. The fourth-order valence-corrected chi connectivity index (χ4v) is 3.05. The van der Waals surface area contributed by atoms with E-state index in [1.807, 2.05) is 25.1 Å². The van der Waals surface area contributed by atoms with Gasteiger partial charge in [0.2, 0.25) is 0 Å². The van der Waals surface area contributed by atoms with Crippen molar-refractivity contribution in [3.8, 4) is 0 Å². The molecule has 0 spiro atoms. The molecule has 1 N–H and O–H groups in total. The van der Waals surface area contributed by atoms with Gasteiger partial charge in [-0.1, -0.05) is 56.3 Å². The highest BCUT2D eigenvalue weighted by atomic mass is 16.4. The van der Waals surface area contributed by atoms with Crippen LogP contribution in [0.4, 0.5) is 0 Å². The highest BCUT2D eigenvalue weighted by molar-refractivity contribution is 5.76. The van der Waals surface area contributed by atoms with Gasteiger partial charge in [-0.25, -0.2) is 0 Å². The van der Waals surface area contributed by atoms with E-state index in [0.29, 0.717) is 5.92 Å². The summed E-state index contributed by atoms with van der Waals surface area (Å²) < 4.78 is 0. The smallest absolute Gasteiger partial charge is 0.309 e. The first-order valence-electron chi connectivity index (χ1n) is 6.84. The predicted octanol–water partition coefficient (Wildman–Crippen LogP) is 4.23. The van der Waals surface area contributed by atoms with E-state index in [1.54, 1.807) is 0 Å². The lowest BCUT2D eigenvalue weighted by Gasteiger charge is -2.37. The van der Waals surface area contributed by atoms with Gasteiger partial charge in [0, 0.05) is 0 Å². The topological polar surface area (TPSA) is 37.3 Å². The molecule has 2 nitrogen and oxygen atoms in total. The Kier molecular flexibility index (Phi) is 3.53. The maximum atomic E-state index is 11.5. The Morgan fingerprint density at radius 2 is 1.89 bits per heavy atom. The van der Waals surface area contributed by atoms with Crippen LogP contribution in [0.15, 0.2) is 36.4 Å². The molecule has 0 radical (unpaired) electrons. The third-order valence-corrected chi connectivity index (χ3v) is 5.10. The molecule has 19 heavy (non-hydrogen) atoms. The van der Waals surface area contributed by atoms with E-state index in [1.165, 1.54) is 5.56 Å². The van der Waals surface area contributed by atoms with Crippen molar-refractivity contribution in [1.82, 2.24) is 0 Å². The average Bonchev–Trinajstić information content (AvgIpc) is 2.61. The van der Waals surface area contributed by atoms with Crippen molar-refractivity contribution in [2.24, 2.45) is 16.7 Å². The van der Waals surface area contributed by atoms with Crippen LogP contribution >= 0.6 is 0 Å². The Hall–Kier alpha value is -1.57. The highest BCUT2D eigenvalue weighted by Crippen LogP contribution is 2.56. The number of rotatable bonds is 3. The van der Waals surface area contributed by atoms with Crippen LogP contribution in [0.5, 0.6) is 0 Å². The van der Waals surface area contributed by atoms with Crippen LogP contribution in [-0.4, -0.2) is 11.1 Å². The van der Waals surface area contributed by atoms with Gasteiger partial charge in [0.15, 0.2) is 0 Å². The Labute approximate surface area is 115 Å². The minimum Gasteiger partial charge on any atom is -0.481 e. The van der Waals surface area contributed by atoms with Crippen molar-refractivity contribution in [3.63, 3.8) is 0 Å². The Morgan fingerprint density at radius 3 is 2.42 bits per heavy atom. The number of hydrogen-bond donors (Lipinski definition) is 1. The maximum Gasteiger partial charge on any atom is 0.309 e. The number of hydrogen-bond acceptors (Lipinski definition) is 1. The zero-order chi connectivity index (χ0) is 14.1. The van der Waals surface area contributed by atoms with E-state index in [9.17, 15) is 9.90 Å². The Balaban J connectivity index is 2.20. The van der Waals surface area contributed by atoms with Crippen molar-refractivity contribution >= 4 is 12.0 Å². The first-order chi connectivity index (χ1) is 8.88. The standard InChI is InChI=1S/C17H22O2/c1-16(2)14(11-12-17(16,3)15(18)19)10-9-13-7-5-4-6-8-13/h4-10,14H,11-12H2,1-3H3,(H,18,19)/t14-,17+/m1/s1. The number of carboxylic acids is 1. The summed E-state index contributed by atoms with van der Waals surface area (Å²) >= 11 is 0. The lowest BCUT2D eigenvalue weighted by molar-refractivity contribution is -0.154. The summed E-state index contributed by atoms with van der Waals surface area (Å²) in [5.74, 6) is -0.359. The zero-order valence-corrected chi connectivity index (χ0v) is 11.9. The van der Waals surface area contributed by atoms with Crippen LogP contribution in [0.3, 0.4) is 0 Å². The first kappa shape index (κ1) is 13.9. The maximum absolute atomic E-state index is 11.5. The van der Waals surface area contributed by atoms with Crippen molar-refractivity contribution in [2.45, 2.75) is 33.6 Å². The molecule has 0 saturated heterocycles. The number of aliphatic carboxylic acids is 1. The molecule has 0 aliphatic heterocycles. The molecule has 0 unspecified atom stereocenters. The fraction of sp³-hybridized carbons (Fsp3) is 0.471. The number of allylic oxidation sites excluding steroid dienone is 1. The molecular weight excluding hydrogens is 236 g/mol. The number of benzene rings is 1. The van der Waals surface area contributed by atoms with E-state index in [-0.39, 0.29) is 5.41 Å². The number of carbonyl (C=O) groups is 1. The minimum atomic E-state index is -0.673. The second kappa shape index (κ2) is 4.84. The Morgan fingerprint density at radius 1 is 1.26 bits per heavy atom. The van der Waals surface area contributed by atoms with Crippen LogP contribution in [-0.2, 0) is 4.79 Å². The predicted molar refractivity (Wildman–Crippen MR) is 77.7 cm³/mol. The molecule has 2 rings (SSSR count). The number of carboxylic acid groups (broad SMARTS) is 1. The highest BCUT2D eigenvalue weighted by Gasteiger charge is 2.55. The summed E-state index contributed by atoms with van der Waals surface area (Å²) in [4.78, 5) is 11.5. The third kappa shape index (κ3) is 2.32. The van der Waals surface area contributed by atoms with Gasteiger partial charge in [-0.2, -0.15) is 0 Å². The van der Waals surface area contributed by atoms with Crippen molar-refractivity contribution in [2.75, 3.05) is 0 Å². The van der Waals surface area contributed by atoms with Crippen molar-refractivity contribution < 1.29 is 9.90 Å². The largest absolute Gasteiger partial charge is 0.481 e. The van der Waals surface area contributed by atoms with E-state index >= 15 is 0 Å². The van der Waals surface area contributed by atoms with Gasteiger partial charge in [-0.3, -0.25) is 4.79 Å². The van der Waals surface area contributed by atoms with Gasteiger partial charge < -0.3 is 5.11 Å². The molecule has 1 saturated carbocycles. The summed E-state index contributed by atoms with van der Waals surface area (Å²) in [6.07, 6.45) is 5.99. The summed E-state index contributed by atoms with van der Waals surface area (Å²) in [6.45, 7) is 6.04. The van der Waals surface area contributed by atoms with Crippen molar-refractivity contribution in [1.29, 1.82) is 0 Å². The molecule has 102 valence electrons. The molecule has 2 atom stereocenters. The van der Waals surface area contributed by atoms with Crippen LogP contribution in [0.1, 0.15) is 39.2 Å². The SMILES string of the molecule is CC1(C)[C@H](C=Cc2ccccc2)CC[C@@]1(C)C(=O)O. The Bertz CT molecular complexity index is 487.